The number of unbranched alkanes of at least 4 members (excludes halogenated alkanes) is 2. The number of likely N-dealkylation sites (N-methyl/N-ethyl adjacent to an activating group) is 1. The fourth-order valence-corrected chi connectivity index (χ4v) is 5.54. The minimum atomic E-state index is -0.284. The molecule has 0 spiro atoms. The summed E-state index contributed by atoms with van der Waals surface area (Å²) in [4.78, 5) is 37.0. The normalized spacial score (nSPS) is 17.7. The number of carbonyl (C=O) groups excluding carboxylic acids is 3. The first-order valence-electron chi connectivity index (χ1n) is 16.8. The maximum absolute atomic E-state index is 12.1. The molecule has 0 bridgehead atoms. The molecule has 0 aromatic heterocycles. The molecule has 1 unspecified atom stereocenters. The van der Waals surface area contributed by atoms with Crippen molar-refractivity contribution >= 4 is 18.2 Å². The van der Waals surface area contributed by atoms with Crippen LogP contribution >= 0.6 is 0 Å². The Bertz CT molecular complexity index is 1050. The number of carbonyl (C=O) groups is 3. The highest BCUT2D eigenvalue weighted by Crippen LogP contribution is 2.26. The molecule has 0 radical (unpaired) electrons. The van der Waals surface area contributed by atoms with Crippen LogP contribution in [0.25, 0.3) is 0 Å². The Morgan fingerprint density at radius 3 is 2.32 bits per heavy atom. The van der Waals surface area contributed by atoms with E-state index < -0.39 is 0 Å². The second-order valence-electron chi connectivity index (χ2n) is 12.1. The van der Waals surface area contributed by atoms with E-state index >= 15 is 0 Å². The van der Waals surface area contributed by atoms with Gasteiger partial charge in [0.05, 0.1) is 13.2 Å². The van der Waals surface area contributed by atoms with Crippen LogP contribution in [0.2, 0.25) is 0 Å². The molecule has 1 heterocycles. The minimum absolute atomic E-state index is 0.0197. The molecule has 44 heavy (non-hydrogen) atoms. The first-order chi connectivity index (χ1) is 21.2. The number of allylic oxidation sites excluding steroid dienone is 5. The van der Waals surface area contributed by atoms with Gasteiger partial charge in [-0.15, -0.1) is 0 Å². The van der Waals surface area contributed by atoms with Crippen LogP contribution < -0.4 is 5.32 Å². The molecule has 1 amide bonds. The molecular weight excluding hydrogens is 548 g/mol. The summed E-state index contributed by atoms with van der Waals surface area (Å²) in [5.41, 5.74) is 5.24. The van der Waals surface area contributed by atoms with Gasteiger partial charge in [-0.2, -0.15) is 0 Å². The number of aryl methyl sites for hydroxylation is 1. The molecule has 1 aromatic carbocycles. The molecule has 1 aliphatic heterocycles. The number of aldehydes is 1. The van der Waals surface area contributed by atoms with Crippen molar-refractivity contribution in [3.8, 4) is 0 Å². The van der Waals surface area contributed by atoms with E-state index in [0.717, 1.165) is 57.8 Å². The zero-order valence-electron chi connectivity index (χ0n) is 28.5. The van der Waals surface area contributed by atoms with Crippen molar-refractivity contribution in [1.82, 2.24) is 10.2 Å². The lowest BCUT2D eigenvalue weighted by Gasteiger charge is -2.32. The van der Waals surface area contributed by atoms with E-state index in [2.05, 4.69) is 63.9 Å². The molecule has 246 valence electrons. The lowest BCUT2D eigenvalue weighted by molar-refractivity contribution is -0.147. The molecule has 6 heteroatoms. The average Bonchev–Trinajstić information content (AvgIpc) is 3.04. The van der Waals surface area contributed by atoms with E-state index in [1.165, 1.54) is 61.5 Å². The monoisotopic (exact) mass is 608 g/mol. The third-order valence-electron chi connectivity index (χ3n) is 8.52. The second-order valence-corrected chi connectivity index (χ2v) is 12.1. The quantitative estimate of drug-likeness (QED) is 0.106. The number of ether oxygens (including phenoxy) is 1. The number of esters is 1. The summed E-state index contributed by atoms with van der Waals surface area (Å²) < 4.78 is 4.82. The van der Waals surface area contributed by atoms with E-state index in [1.807, 2.05) is 24.1 Å². The Morgan fingerprint density at radius 2 is 1.73 bits per heavy atom. The molecule has 1 N–H and O–H groups in total. The fourth-order valence-electron chi connectivity index (χ4n) is 5.54. The molecule has 1 saturated carbocycles. The van der Waals surface area contributed by atoms with Gasteiger partial charge in [0, 0.05) is 13.0 Å². The summed E-state index contributed by atoms with van der Waals surface area (Å²) in [6, 6.07) is 5.99. The highest BCUT2D eigenvalue weighted by Gasteiger charge is 2.29. The molecule has 0 saturated heterocycles. The molecule has 2 aliphatic rings. The number of nitrogens with zero attached hydrogens (tertiary/aromatic N) is 1. The Kier molecular flexibility index (Phi) is 20.8. The van der Waals surface area contributed by atoms with Crippen molar-refractivity contribution in [1.29, 1.82) is 0 Å². The van der Waals surface area contributed by atoms with Crippen LogP contribution in [0.15, 0.2) is 54.7 Å². The number of benzene rings is 1. The Hall–Kier alpha value is -2.99. The third-order valence-corrected chi connectivity index (χ3v) is 8.52. The Balaban J connectivity index is 0.000000414. The van der Waals surface area contributed by atoms with Gasteiger partial charge in [-0.1, -0.05) is 113 Å². The minimum Gasteiger partial charge on any atom is -0.468 e. The van der Waals surface area contributed by atoms with E-state index in [4.69, 9.17) is 4.74 Å². The predicted octanol–water partition coefficient (Wildman–Crippen LogP) is 8.22. The first-order valence-corrected chi connectivity index (χ1v) is 16.8. The van der Waals surface area contributed by atoms with Crippen molar-refractivity contribution in [3.05, 3.63) is 71.3 Å². The number of methoxy groups -OCH3 is 1. The van der Waals surface area contributed by atoms with Crippen molar-refractivity contribution in [2.24, 2.45) is 5.92 Å². The fraction of sp³-hybridized carbons (Fsp3) is 0.605. The lowest BCUT2D eigenvalue weighted by Crippen LogP contribution is -2.43. The van der Waals surface area contributed by atoms with Gasteiger partial charge in [-0.05, 0) is 76.0 Å². The summed E-state index contributed by atoms with van der Waals surface area (Å²) in [5.74, 6) is 0.214. The number of hydrogen-bond donors (Lipinski definition) is 1. The molecule has 6 nitrogen and oxygen atoms in total. The Labute approximate surface area is 268 Å². The second kappa shape index (κ2) is 23.4. The molecule has 1 aliphatic carbocycles. The summed E-state index contributed by atoms with van der Waals surface area (Å²) >= 11 is 0. The lowest BCUT2D eigenvalue weighted by atomic mass is 9.84. The van der Waals surface area contributed by atoms with Crippen molar-refractivity contribution in [2.75, 3.05) is 14.2 Å². The largest absolute Gasteiger partial charge is 0.468 e. The predicted molar refractivity (Wildman–Crippen MR) is 183 cm³/mol. The molecule has 3 rings (SSSR count). The molecule has 2 atom stereocenters. The first kappa shape index (κ1) is 39.0. The van der Waals surface area contributed by atoms with Gasteiger partial charge < -0.3 is 14.8 Å². The number of amides is 1. The van der Waals surface area contributed by atoms with Crippen molar-refractivity contribution < 1.29 is 19.1 Å². The molecule has 1 aromatic rings. The van der Waals surface area contributed by atoms with Gasteiger partial charge in [0.25, 0.3) is 0 Å². The van der Waals surface area contributed by atoms with E-state index in [-0.39, 0.29) is 24.0 Å². The van der Waals surface area contributed by atoms with E-state index in [0.29, 0.717) is 12.3 Å². The number of hydrogen-bond acceptors (Lipinski definition) is 5. The van der Waals surface area contributed by atoms with Crippen molar-refractivity contribution in [3.63, 3.8) is 0 Å². The zero-order chi connectivity index (χ0) is 32.7. The summed E-state index contributed by atoms with van der Waals surface area (Å²) in [6.07, 6.45) is 22.3. The standard InChI is InChI=1S/C21H33NO2.C13H17NO2.C4H10/c1-3-5-7-12-18(4-2)13-10-11-16-21(24)22-20(17-23)19-14-8-6-9-15-19;1-9-4-5-10-7-12(13(15)16-3)14(2)8-11(10)6-9;1-3-4-2/h3,5,7,12,17,19-20H,1,4,6,8-11,13-16H2,2H3,(H,22,24);4-6,12H,7-8H2,1-3H3;3-4H2,1-2H3/b7-5-,18-12+;;/t20-;;/m1../s1. The summed E-state index contributed by atoms with van der Waals surface area (Å²) in [5, 5.41) is 2.94. The maximum Gasteiger partial charge on any atom is 0.323 e. The Morgan fingerprint density at radius 1 is 1.05 bits per heavy atom. The van der Waals surface area contributed by atoms with Gasteiger partial charge in [0.15, 0.2) is 0 Å². The summed E-state index contributed by atoms with van der Waals surface area (Å²) in [6.45, 7) is 13.1. The highest BCUT2D eigenvalue weighted by molar-refractivity contribution is 5.79. The molecular formula is C38H60N2O4. The van der Waals surface area contributed by atoms with Gasteiger partial charge in [0.2, 0.25) is 5.91 Å². The van der Waals surface area contributed by atoms with Crippen LogP contribution in [0, 0.1) is 12.8 Å². The zero-order valence-corrected chi connectivity index (χ0v) is 28.5. The highest BCUT2D eigenvalue weighted by atomic mass is 16.5. The maximum atomic E-state index is 12.1. The van der Waals surface area contributed by atoms with Gasteiger partial charge in [-0.25, -0.2) is 0 Å². The number of nitrogens with one attached hydrogen (secondary N) is 1. The smallest absolute Gasteiger partial charge is 0.323 e. The van der Waals surface area contributed by atoms with Crippen LogP contribution in [0.1, 0.15) is 115 Å². The number of rotatable bonds is 13. The van der Waals surface area contributed by atoms with E-state index in [1.54, 1.807) is 6.08 Å². The van der Waals surface area contributed by atoms with E-state index in [9.17, 15) is 14.4 Å². The van der Waals surface area contributed by atoms with Crippen molar-refractivity contribution in [2.45, 2.75) is 130 Å². The topological polar surface area (TPSA) is 75.7 Å². The van der Waals surface area contributed by atoms with Crippen LogP contribution in [-0.2, 0) is 32.1 Å². The van der Waals surface area contributed by atoms with Crippen LogP contribution in [-0.4, -0.2) is 49.3 Å². The third kappa shape index (κ3) is 15.1. The van der Waals surface area contributed by atoms with Gasteiger partial charge in [-0.3, -0.25) is 14.5 Å². The van der Waals surface area contributed by atoms with Gasteiger partial charge in [0.1, 0.15) is 12.3 Å². The molecule has 1 fully saturated rings. The number of fused-ring (bicyclic) bond motifs is 1. The summed E-state index contributed by atoms with van der Waals surface area (Å²) in [7, 11) is 3.41. The van der Waals surface area contributed by atoms with Crippen LogP contribution in [0.4, 0.5) is 0 Å². The van der Waals surface area contributed by atoms with Crippen LogP contribution in [0.5, 0.6) is 0 Å². The average molecular weight is 609 g/mol. The van der Waals surface area contributed by atoms with Crippen LogP contribution in [0.3, 0.4) is 0 Å². The SMILES string of the molecule is C=C/C=C\C=C(/CC)CCCCC(=O)N[C@H](C=O)C1CCCCC1.CCCC.COC(=O)C1Cc2ccc(C)cc2CN1C. The van der Waals surface area contributed by atoms with Gasteiger partial charge >= 0.3 is 5.97 Å².